The van der Waals surface area contributed by atoms with Crippen molar-refractivity contribution in [2.24, 2.45) is 0 Å². The van der Waals surface area contributed by atoms with Gasteiger partial charge in [-0.3, -0.25) is 14.9 Å². The van der Waals surface area contributed by atoms with Gasteiger partial charge in [0.05, 0.1) is 0 Å². The number of carbonyl (C=O) groups excluding carboxylic acids is 3. The third-order valence-electron chi connectivity index (χ3n) is 2.24. The fourth-order valence-electron chi connectivity index (χ4n) is 1.34. The van der Waals surface area contributed by atoms with Crippen LogP contribution in [0, 0.1) is 0 Å². The first-order chi connectivity index (χ1) is 8.99. The summed E-state index contributed by atoms with van der Waals surface area (Å²) < 4.78 is 4.64. The number of esters is 1. The molecule has 0 radical (unpaired) electrons. The molecule has 102 valence electrons. The van der Waals surface area contributed by atoms with Crippen LogP contribution in [0.15, 0.2) is 30.3 Å². The summed E-state index contributed by atoms with van der Waals surface area (Å²) in [7, 11) is 0. The van der Waals surface area contributed by atoms with E-state index in [-0.39, 0.29) is 0 Å². The molecule has 1 atom stereocenters. The molecule has 0 unspecified atom stereocenters. The Hall–Kier alpha value is -2.37. The van der Waals surface area contributed by atoms with Crippen molar-refractivity contribution in [3.8, 4) is 0 Å². The van der Waals surface area contributed by atoms with Gasteiger partial charge in [-0.15, -0.1) is 0 Å². The molecule has 0 saturated carbocycles. The summed E-state index contributed by atoms with van der Waals surface area (Å²) in [6.45, 7) is 2.89. The van der Waals surface area contributed by atoms with Gasteiger partial charge >= 0.3 is 12.0 Å². The lowest BCUT2D eigenvalue weighted by Crippen LogP contribution is -2.44. The Balaban J connectivity index is 2.35. The minimum Gasteiger partial charge on any atom is -0.453 e. The van der Waals surface area contributed by atoms with E-state index in [9.17, 15) is 14.4 Å². The third kappa shape index (κ3) is 5.67. The van der Waals surface area contributed by atoms with Gasteiger partial charge in [0.2, 0.25) is 0 Å². The van der Waals surface area contributed by atoms with Crippen LogP contribution >= 0.6 is 0 Å². The standard InChI is InChI=1S/C13H16N2O4/c1-9(19-10(2)16)12(17)15-13(18)14-8-11-6-4-3-5-7-11/h3-7,9H,8H2,1-2H3,(H2,14,15,17,18)/t9-/m1/s1. The molecule has 0 spiro atoms. The first-order valence-electron chi connectivity index (χ1n) is 5.79. The number of rotatable bonds is 4. The Labute approximate surface area is 111 Å². The number of hydrogen-bond acceptors (Lipinski definition) is 4. The number of benzene rings is 1. The van der Waals surface area contributed by atoms with Gasteiger partial charge in [0, 0.05) is 13.5 Å². The first-order valence-corrected chi connectivity index (χ1v) is 5.79. The largest absolute Gasteiger partial charge is 0.453 e. The van der Waals surface area contributed by atoms with E-state index in [4.69, 9.17) is 0 Å². The smallest absolute Gasteiger partial charge is 0.321 e. The molecule has 0 aliphatic heterocycles. The van der Waals surface area contributed by atoms with E-state index in [2.05, 4.69) is 15.4 Å². The van der Waals surface area contributed by atoms with Gasteiger partial charge in [0.15, 0.2) is 6.10 Å². The van der Waals surface area contributed by atoms with Crippen molar-refractivity contribution in [1.29, 1.82) is 0 Å². The molecule has 19 heavy (non-hydrogen) atoms. The van der Waals surface area contributed by atoms with E-state index in [0.717, 1.165) is 5.56 Å². The molecule has 0 fully saturated rings. The van der Waals surface area contributed by atoms with Gasteiger partial charge in [-0.2, -0.15) is 0 Å². The Morgan fingerprint density at radius 2 is 1.84 bits per heavy atom. The van der Waals surface area contributed by atoms with Gasteiger partial charge in [0.1, 0.15) is 0 Å². The first kappa shape index (κ1) is 14.7. The maximum atomic E-state index is 11.5. The maximum Gasteiger partial charge on any atom is 0.321 e. The molecule has 0 aromatic heterocycles. The Bertz CT molecular complexity index is 459. The van der Waals surface area contributed by atoms with E-state index in [1.807, 2.05) is 30.3 Å². The van der Waals surface area contributed by atoms with E-state index in [1.165, 1.54) is 13.8 Å². The zero-order valence-electron chi connectivity index (χ0n) is 10.8. The predicted molar refractivity (Wildman–Crippen MR) is 68.0 cm³/mol. The summed E-state index contributed by atoms with van der Waals surface area (Å²) in [5.74, 6) is -1.24. The topological polar surface area (TPSA) is 84.5 Å². The SMILES string of the molecule is CC(=O)O[C@H](C)C(=O)NC(=O)NCc1ccccc1. The quantitative estimate of drug-likeness (QED) is 0.793. The van der Waals surface area contributed by atoms with E-state index < -0.39 is 24.0 Å². The summed E-state index contributed by atoms with van der Waals surface area (Å²) in [5.41, 5.74) is 0.915. The minimum absolute atomic E-state index is 0.307. The average Bonchev–Trinajstić information content (AvgIpc) is 2.36. The summed E-state index contributed by atoms with van der Waals surface area (Å²) in [5, 5.41) is 4.62. The number of hydrogen-bond donors (Lipinski definition) is 2. The Kier molecular flexibility index (Phi) is 5.53. The Morgan fingerprint density at radius 3 is 2.42 bits per heavy atom. The molecule has 1 rings (SSSR count). The van der Waals surface area contributed by atoms with E-state index in [1.54, 1.807) is 0 Å². The van der Waals surface area contributed by atoms with Crippen molar-refractivity contribution >= 4 is 17.9 Å². The Morgan fingerprint density at radius 1 is 1.21 bits per heavy atom. The van der Waals surface area contributed by atoms with Crippen LogP contribution in [0.1, 0.15) is 19.4 Å². The van der Waals surface area contributed by atoms with Gasteiger partial charge in [-0.05, 0) is 12.5 Å². The average molecular weight is 264 g/mol. The maximum absolute atomic E-state index is 11.5. The molecule has 2 N–H and O–H groups in total. The van der Waals surface area contributed by atoms with Crippen molar-refractivity contribution in [1.82, 2.24) is 10.6 Å². The van der Waals surface area contributed by atoms with Crippen molar-refractivity contribution < 1.29 is 19.1 Å². The summed E-state index contributed by atoms with van der Waals surface area (Å²) >= 11 is 0. The van der Waals surface area contributed by atoms with Crippen LogP contribution in [0.5, 0.6) is 0 Å². The lowest BCUT2D eigenvalue weighted by molar-refractivity contribution is -0.152. The highest BCUT2D eigenvalue weighted by atomic mass is 16.5. The van der Waals surface area contributed by atoms with Crippen LogP contribution in [0.2, 0.25) is 0 Å². The van der Waals surface area contributed by atoms with Gasteiger partial charge in [-0.25, -0.2) is 4.79 Å². The zero-order valence-corrected chi connectivity index (χ0v) is 10.8. The fourth-order valence-corrected chi connectivity index (χ4v) is 1.34. The molecule has 0 aliphatic rings. The second kappa shape index (κ2) is 7.15. The highest BCUT2D eigenvalue weighted by Crippen LogP contribution is 1.97. The molecular formula is C13H16N2O4. The van der Waals surface area contributed by atoms with Crippen LogP contribution in [0.3, 0.4) is 0 Å². The highest BCUT2D eigenvalue weighted by Gasteiger charge is 2.17. The van der Waals surface area contributed by atoms with Gasteiger partial charge in [0.25, 0.3) is 5.91 Å². The fraction of sp³-hybridized carbons (Fsp3) is 0.308. The number of ether oxygens (including phenoxy) is 1. The van der Waals surface area contributed by atoms with Gasteiger partial charge < -0.3 is 10.1 Å². The number of carbonyl (C=O) groups is 3. The van der Waals surface area contributed by atoms with Crippen molar-refractivity contribution in [2.45, 2.75) is 26.5 Å². The van der Waals surface area contributed by atoms with Crippen LogP contribution in [0.4, 0.5) is 4.79 Å². The number of urea groups is 1. The molecule has 6 nitrogen and oxygen atoms in total. The third-order valence-corrected chi connectivity index (χ3v) is 2.24. The highest BCUT2D eigenvalue weighted by molar-refractivity contribution is 5.96. The molecule has 0 aliphatic carbocycles. The number of amides is 3. The molecular weight excluding hydrogens is 248 g/mol. The molecule has 1 aromatic carbocycles. The molecule has 6 heteroatoms. The lowest BCUT2D eigenvalue weighted by Gasteiger charge is -2.12. The van der Waals surface area contributed by atoms with Gasteiger partial charge in [-0.1, -0.05) is 30.3 Å². The second-order valence-corrected chi connectivity index (χ2v) is 3.91. The second-order valence-electron chi connectivity index (χ2n) is 3.91. The van der Waals surface area contributed by atoms with E-state index >= 15 is 0 Å². The molecule has 0 bridgehead atoms. The summed E-state index contributed by atoms with van der Waals surface area (Å²) in [6, 6.07) is 8.64. The van der Waals surface area contributed by atoms with Crippen LogP contribution in [-0.4, -0.2) is 24.0 Å². The van der Waals surface area contributed by atoms with Crippen molar-refractivity contribution in [3.05, 3.63) is 35.9 Å². The number of nitrogens with one attached hydrogen (secondary N) is 2. The monoisotopic (exact) mass is 264 g/mol. The van der Waals surface area contributed by atoms with Crippen molar-refractivity contribution in [2.75, 3.05) is 0 Å². The lowest BCUT2D eigenvalue weighted by atomic mass is 10.2. The van der Waals surface area contributed by atoms with Crippen molar-refractivity contribution in [3.63, 3.8) is 0 Å². The molecule has 3 amide bonds. The summed E-state index contributed by atoms with van der Waals surface area (Å²) in [6.07, 6.45) is -1.00. The zero-order chi connectivity index (χ0) is 14.3. The predicted octanol–water partition coefficient (Wildman–Crippen LogP) is 0.964. The van der Waals surface area contributed by atoms with Crippen LogP contribution in [0.25, 0.3) is 0 Å². The van der Waals surface area contributed by atoms with Crippen LogP contribution in [-0.2, 0) is 20.9 Å². The minimum atomic E-state index is -1.00. The number of imide groups is 1. The normalized spacial score (nSPS) is 11.3. The summed E-state index contributed by atoms with van der Waals surface area (Å²) in [4.78, 5) is 33.5. The molecule has 0 saturated heterocycles. The molecule has 0 heterocycles. The molecule has 1 aromatic rings. The van der Waals surface area contributed by atoms with E-state index in [0.29, 0.717) is 6.54 Å². The van der Waals surface area contributed by atoms with Crippen LogP contribution < -0.4 is 10.6 Å².